The average Bonchev–Trinajstić information content (AvgIpc) is 3.14. The molecule has 9 nitrogen and oxygen atoms in total. The maximum atomic E-state index is 14.0. The van der Waals surface area contributed by atoms with Crippen LogP contribution in [-0.4, -0.2) is 55.5 Å². The maximum Gasteiger partial charge on any atom is 0.255 e. The summed E-state index contributed by atoms with van der Waals surface area (Å²) in [6, 6.07) is 5.31. The number of fused-ring (bicyclic) bond motifs is 1. The molecule has 0 spiro atoms. The van der Waals surface area contributed by atoms with Gasteiger partial charge in [0.2, 0.25) is 0 Å². The number of nitrogens with one attached hydrogen (secondary N) is 2. The summed E-state index contributed by atoms with van der Waals surface area (Å²) in [7, 11) is 0. The van der Waals surface area contributed by atoms with Crippen molar-refractivity contribution in [3.8, 4) is 17.5 Å². The Kier molecular flexibility index (Phi) is 5.94. The molecule has 3 N–H and O–H groups in total. The Morgan fingerprint density at radius 3 is 2.77 bits per heavy atom. The Morgan fingerprint density at radius 2 is 2.10 bits per heavy atom. The van der Waals surface area contributed by atoms with E-state index in [2.05, 4.69) is 25.7 Å². The number of aliphatic hydroxyl groups is 1. The van der Waals surface area contributed by atoms with Crippen molar-refractivity contribution >= 4 is 17.2 Å². The van der Waals surface area contributed by atoms with Crippen LogP contribution in [0.15, 0.2) is 30.7 Å². The number of hydrogen-bond acceptors (Lipinski definition) is 7. The fraction of sp³-hybridized carbons (Fsp3) is 0.350. The summed E-state index contributed by atoms with van der Waals surface area (Å²) in [5.74, 6) is -0.508. The minimum absolute atomic E-state index is 0.247. The van der Waals surface area contributed by atoms with E-state index >= 15 is 0 Å². The molecule has 30 heavy (non-hydrogen) atoms. The molecule has 3 heterocycles. The van der Waals surface area contributed by atoms with E-state index < -0.39 is 17.7 Å². The molecule has 3 aromatic heterocycles. The second-order valence-corrected chi connectivity index (χ2v) is 7.25. The Labute approximate surface area is 172 Å². The van der Waals surface area contributed by atoms with Crippen molar-refractivity contribution in [2.24, 2.45) is 0 Å². The minimum atomic E-state index is -1.61. The van der Waals surface area contributed by atoms with Gasteiger partial charge >= 0.3 is 0 Å². The Balaban J connectivity index is 1.90. The standard InChI is InChI=1S/C20H22FN7O2/c1-4-23-14-6-15(16-10-25-18-5-12(7-22)8-27-28(16)18)24-9-13(14)19(29)26-11-17(21)20(2,3)30/h5-6,8-10,17,30H,4,11H2,1-3H3,(H,23,24)(H,26,29). The smallest absolute Gasteiger partial charge is 0.255 e. The van der Waals surface area contributed by atoms with Gasteiger partial charge in [0, 0.05) is 18.8 Å². The molecule has 0 aliphatic carbocycles. The van der Waals surface area contributed by atoms with Gasteiger partial charge in [0.1, 0.15) is 17.9 Å². The van der Waals surface area contributed by atoms with Crippen molar-refractivity contribution in [1.82, 2.24) is 24.9 Å². The Bertz CT molecular complexity index is 1110. The highest BCUT2D eigenvalue weighted by Crippen LogP contribution is 2.24. The molecule has 1 amide bonds. The third-order valence-corrected chi connectivity index (χ3v) is 4.48. The number of imidazole rings is 1. The highest BCUT2D eigenvalue weighted by atomic mass is 19.1. The van der Waals surface area contributed by atoms with Crippen LogP contribution in [-0.2, 0) is 0 Å². The summed E-state index contributed by atoms with van der Waals surface area (Å²) in [5.41, 5.74) is 1.21. The molecule has 156 valence electrons. The Morgan fingerprint density at radius 1 is 1.33 bits per heavy atom. The molecule has 0 bridgehead atoms. The molecule has 1 unspecified atom stereocenters. The number of hydrogen-bond donors (Lipinski definition) is 3. The number of rotatable bonds is 7. The zero-order valence-corrected chi connectivity index (χ0v) is 16.8. The van der Waals surface area contributed by atoms with Crippen LogP contribution in [0.3, 0.4) is 0 Å². The van der Waals surface area contributed by atoms with Crippen LogP contribution in [0, 0.1) is 11.3 Å². The van der Waals surface area contributed by atoms with Gasteiger partial charge in [-0.25, -0.2) is 13.9 Å². The first-order valence-electron chi connectivity index (χ1n) is 9.37. The molecule has 0 fully saturated rings. The maximum absolute atomic E-state index is 14.0. The fourth-order valence-corrected chi connectivity index (χ4v) is 2.75. The average molecular weight is 411 g/mol. The lowest BCUT2D eigenvalue weighted by Gasteiger charge is -2.22. The molecule has 10 heteroatoms. The van der Waals surface area contributed by atoms with Gasteiger partial charge in [-0.15, -0.1) is 0 Å². The number of carbonyl (C=O) groups excluding carboxylic acids is 1. The number of nitriles is 1. The first-order valence-corrected chi connectivity index (χ1v) is 9.37. The lowest BCUT2D eigenvalue weighted by Crippen LogP contribution is -2.42. The molecule has 0 aliphatic rings. The van der Waals surface area contributed by atoms with E-state index in [0.29, 0.717) is 34.8 Å². The zero-order chi connectivity index (χ0) is 21.9. The van der Waals surface area contributed by atoms with Gasteiger partial charge in [-0.05, 0) is 26.8 Å². The van der Waals surface area contributed by atoms with Crippen molar-refractivity contribution in [1.29, 1.82) is 5.26 Å². The number of carbonyl (C=O) groups is 1. The predicted molar refractivity (Wildman–Crippen MR) is 109 cm³/mol. The summed E-state index contributed by atoms with van der Waals surface area (Å²) < 4.78 is 15.5. The van der Waals surface area contributed by atoms with Crippen LogP contribution >= 0.6 is 0 Å². The van der Waals surface area contributed by atoms with Gasteiger partial charge in [0.25, 0.3) is 5.91 Å². The molecule has 1 atom stereocenters. The van der Waals surface area contributed by atoms with Crippen LogP contribution in [0.2, 0.25) is 0 Å². The molecule has 0 saturated carbocycles. The second-order valence-electron chi connectivity index (χ2n) is 7.25. The third kappa shape index (κ3) is 4.36. The summed E-state index contributed by atoms with van der Waals surface area (Å²) in [5, 5.41) is 28.5. The SMILES string of the molecule is CCNc1cc(-c2cnc3cc(C#N)cnn23)ncc1C(=O)NCC(F)C(C)(C)O. The van der Waals surface area contributed by atoms with Crippen LogP contribution < -0.4 is 10.6 Å². The number of amides is 1. The molecular formula is C20H22FN7O2. The topological polar surface area (TPSA) is 128 Å². The summed E-state index contributed by atoms with van der Waals surface area (Å²) in [6.07, 6.45) is 2.79. The van der Waals surface area contributed by atoms with E-state index in [1.165, 1.54) is 26.2 Å². The number of nitrogens with zero attached hydrogens (tertiary/aromatic N) is 5. The van der Waals surface area contributed by atoms with E-state index in [1.807, 2.05) is 13.0 Å². The third-order valence-electron chi connectivity index (χ3n) is 4.48. The Hall–Kier alpha value is -3.58. The van der Waals surface area contributed by atoms with Crippen molar-refractivity contribution in [3.05, 3.63) is 41.9 Å². The summed E-state index contributed by atoms with van der Waals surface area (Å²) in [6.45, 7) is 4.79. The molecule has 0 aliphatic heterocycles. The highest BCUT2D eigenvalue weighted by Gasteiger charge is 2.27. The summed E-state index contributed by atoms with van der Waals surface area (Å²) in [4.78, 5) is 21.1. The quantitative estimate of drug-likeness (QED) is 0.542. The van der Waals surface area contributed by atoms with Gasteiger partial charge < -0.3 is 15.7 Å². The largest absolute Gasteiger partial charge is 0.387 e. The monoisotopic (exact) mass is 411 g/mol. The lowest BCUT2D eigenvalue weighted by atomic mass is 10.0. The van der Waals surface area contributed by atoms with Gasteiger partial charge in [0.05, 0.1) is 47.0 Å². The van der Waals surface area contributed by atoms with E-state index in [9.17, 15) is 14.3 Å². The second kappa shape index (κ2) is 8.42. The molecule has 0 saturated heterocycles. The highest BCUT2D eigenvalue weighted by molar-refractivity contribution is 5.99. The number of pyridine rings is 1. The normalized spacial score (nSPS) is 12.4. The number of anilines is 1. The zero-order valence-electron chi connectivity index (χ0n) is 16.8. The molecule has 3 aromatic rings. The van der Waals surface area contributed by atoms with Crippen molar-refractivity contribution in [2.45, 2.75) is 32.5 Å². The van der Waals surface area contributed by atoms with E-state index in [4.69, 9.17) is 5.26 Å². The van der Waals surface area contributed by atoms with Crippen molar-refractivity contribution < 1.29 is 14.3 Å². The van der Waals surface area contributed by atoms with Crippen LogP contribution in [0.5, 0.6) is 0 Å². The minimum Gasteiger partial charge on any atom is -0.387 e. The first-order chi connectivity index (χ1) is 14.2. The first kappa shape index (κ1) is 21.1. The van der Waals surface area contributed by atoms with E-state index in [1.54, 1.807) is 22.8 Å². The number of aromatic nitrogens is 4. The van der Waals surface area contributed by atoms with E-state index in [0.717, 1.165) is 0 Å². The molecule has 3 rings (SSSR count). The van der Waals surface area contributed by atoms with Gasteiger partial charge in [-0.3, -0.25) is 9.78 Å². The molecule has 0 aromatic carbocycles. The van der Waals surface area contributed by atoms with Gasteiger partial charge in [-0.1, -0.05) is 0 Å². The van der Waals surface area contributed by atoms with Crippen LogP contribution in [0.4, 0.5) is 10.1 Å². The summed E-state index contributed by atoms with van der Waals surface area (Å²) >= 11 is 0. The fourth-order valence-electron chi connectivity index (χ4n) is 2.75. The van der Waals surface area contributed by atoms with Crippen molar-refractivity contribution in [2.75, 3.05) is 18.4 Å². The molecule has 0 radical (unpaired) electrons. The van der Waals surface area contributed by atoms with Gasteiger partial charge in [0.15, 0.2) is 5.65 Å². The lowest BCUT2D eigenvalue weighted by molar-refractivity contribution is -0.00177. The van der Waals surface area contributed by atoms with Crippen molar-refractivity contribution in [3.63, 3.8) is 0 Å². The number of alkyl halides is 1. The molecular weight excluding hydrogens is 389 g/mol. The van der Waals surface area contributed by atoms with Gasteiger partial charge in [-0.2, -0.15) is 10.4 Å². The van der Waals surface area contributed by atoms with Crippen LogP contribution in [0.25, 0.3) is 17.0 Å². The number of halogens is 1. The predicted octanol–water partition coefficient (Wildman–Crippen LogP) is 1.93. The van der Waals surface area contributed by atoms with E-state index in [-0.39, 0.29) is 12.1 Å². The van der Waals surface area contributed by atoms with Crippen LogP contribution in [0.1, 0.15) is 36.7 Å².